The summed E-state index contributed by atoms with van der Waals surface area (Å²) in [6.45, 7) is 0. The van der Waals surface area contributed by atoms with Gasteiger partial charge in [0.1, 0.15) is 5.15 Å². The predicted molar refractivity (Wildman–Crippen MR) is 132 cm³/mol. The van der Waals surface area contributed by atoms with Crippen molar-refractivity contribution in [3.05, 3.63) is 80.0 Å². The van der Waals surface area contributed by atoms with Gasteiger partial charge >= 0.3 is 18.0 Å². The summed E-state index contributed by atoms with van der Waals surface area (Å²) >= 11 is 14.4. The number of para-hydroxylation sites is 1. The van der Waals surface area contributed by atoms with Crippen LogP contribution < -0.4 is 15.4 Å². The number of rotatable bonds is 6. The number of aromatic nitrogens is 1. The van der Waals surface area contributed by atoms with E-state index in [9.17, 15) is 40.3 Å². The van der Waals surface area contributed by atoms with Gasteiger partial charge in [-0.25, -0.2) is 9.37 Å². The van der Waals surface area contributed by atoms with Crippen LogP contribution in [-0.4, -0.2) is 36.3 Å². The van der Waals surface area contributed by atoms with Crippen molar-refractivity contribution >= 4 is 62.3 Å². The SMILES string of the molecule is COc1c(NC(=O)c2ccnc(Cl)c2)cccc1C(=O)Nc1c(Cl)cc(C(F)(C(F)(F)F)C(F)(F)F)cc1Br. The van der Waals surface area contributed by atoms with Crippen LogP contribution in [0.3, 0.4) is 0 Å². The van der Waals surface area contributed by atoms with Crippen LogP contribution in [0, 0.1) is 0 Å². The molecule has 3 rings (SSSR count). The molecule has 6 nitrogen and oxygen atoms in total. The van der Waals surface area contributed by atoms with Gasteiger partial charge in [-0.05, 0) is 52.3 Å². The highest BCUT2D eigenvalue weighted by atomic mass is 79.9. The molecule has 2 amide bonds. The lowest BCUT2D eigenvalue weighted by Crippen LogP contribution is -2.50. The van der Waals surface area contributed by atoms with E-state index >= 15 is 0 Å². The number of ether oxygens (including phenoxy) is 1. The third-order valence-electron chi connectivity index (χ3n) is 5.16. The molecule has 3 aromatic rings. The van der Waals surface area contributed by atoms with Crippen LogP contribution >= 0.6 is 39.1 Å². The van der Waals surface area contributed by atoms with Gasteiger partial charge in [-0.3, -0.25) is 9.59 Å². The zero-order valence-electron chi connectivity index (χ0n) is 19.1. The molecule has 0 fully saturated rings. The molecule has 0 bridgehead atoms. The second-order valence-corrected chi connectivity index (χ2v) is 9.28. The molecular weight excluding hydrogens is 650 g/mol. The number of hydrogen-bond donors (Lipinski definition) is 2. The number of alkyl halides is 7. The quantitative estimate of drug-likeness (QED) is 0.207. The third kappa shape index (κ3) is 6.07. The molecule has 0 aliphatic rings. The van der Waals surface area contributed by atoms with E-state index in [1.807, 2.05) is 0 Å². The molecule has 0 spiro atoms. The van der Waals surface area contributed by atoms with Crippen molar-refractivity contribution in [2.45, 2.75) is 18.0 Å². The Hall–Kier alpha value is -3.10. The van der Waals surface area contributed by atoms with Crippen LogP contribution in [0.4, 0.5) is 42.1 Å². The Balaban J connectivity index is 1.96. The van der Waals surface area contributed by atoms with Gasteiger partial charge in [0.05, 0.1) is 29.1 Å². The van der Waals surface area contributed by atoms with Crippen molar-refractivity contribution in [1.82, 2.24) is 4.98 Å². The number of halogens is 10. The summed E-state index contributed by atoms with van der Waals surface area (Å²) in [6, 6.07) is 6.97. The van der Waals surface area contributed by atoms with Gasteiger partial charge in [0.25, 0.3) is 11.8 Å². The summed E-state index contributed by atoms with van der Waals surface area (Å²) in [6.07, 6.45) is -11.4. The van der Waals surface area contributed by atoms with Gasteiger partial charge in [0.2, 0.25) is 0 Å². The minimum absolute atomic E-state index is 0.0289. The lowest BCUT2D eigenvalue weighted by molar-refractivity contribution is -0.348. The fourth-order valence-electron chi connectivity index (χ4n) is 3.33. The number of carbonyl (C=O) groups is 2. The van der Waals surface area contributed by atoms with Gasteiger partial charge in [0.15, 0.2) is 5.75 Å². The predicted octanol–water partition coefficient (Wildman–Crippen LogP) is 7.95. The molecule has 0 aliphatic carbocycles. The van der Waals surface area contributed by atoms with Crippen LogP contribution in [0.25, 0.3) is 0 Å². The number of nitrogens with zero attached hydrogens (tertiary/aromatic N) is 1. The number of carbonyl (C=O) groups excluding carboxylic acids is 2. The number of hydrogen-bond acceptors (Lipinski definition) is 4. The largest absolute Gasteiger partial charge is 0.494 e. The molecule has 0 radical (unpaired) electrons. The maximum Gasteiger partial charge on any atom is 0.435 e. The third-order valence-corrected chi connectivity index (χ3v) is 6.29. The zero-order valence-corrected chi connectivity index (χ0v) is 22.2. The Labute approximate surface area is 233 Å². The van der Waals surface area contributed by atoms with E-state index in [1.165, 1.54) is 43.6 Å². The average molecular weight is 663 g/mol. The van der Waals surface area contributed by atoms with Crippen LogP contribution in [0.15, 0.2) is 53.1 Å². The van der Waals surface area contributed by atoms with Gasteiger partial charge in [0, 0.05) is 21.8 Å². The lowest BCUT2D eigenvalue weighted by Gasteiger charge is -2.30. The summed E-state index contributed by atoms with van der Waals surface area (Å²) in [5, 5.41) is 3.96. The zero-order chi connectivity index (χ0) is 29.3. The van der Waals surface area contributed by atoms with E-state index in [0.717, 1.165) is 0 Å². The van der Waals surface area contributed by atoms with E-state index in [1.54, 1.807) is 0 Å². The number of anilines is 2. The molecule has 39 heavy (non-hydrogen) atoms. The number of methoxy groups -OCH3 is 1. The molecule has 0 unspecified atom stereocenters. The Morgan fingerprint density at radius 3 is 2.10 bits per heavy atom. The first-order chi connectivity index (χ1) is 18.0. The maximum atomic E-state index is 14.5. The van der Waals surface area contributed by atoms with E-state index in [2.05, 4.69) is 31.5 Å². The van der Waals surface area contributed by atoms with Crippen molar-refractivity contribution in [3.8, 4) is 5.75 Å². The number of benzene rings is 2. The summed E-state index contributed by atoms with van der Waals surface area (Å²) < 4.78 is 98.0. The smallest absolute Gasteiger partial charge is 0.435 e. The standard InChI is InChI=1S/C23H13BrCl2F7N3O3/c1-39-18-12(3-2-4-15(18)35-19(37)10-5-6-34-16(26)7-10)20(38)36-17-13(24)8-11(9-14(17)25)21(27,22(28,29)30)23(31,32)33/h2-9H,1H3,(H,35,37)(H,36,38). The normalized spacial score (nSPS) is 12.2. The van der Waals surface area contributed by atoms with Crippen molar-refractivity contribution in [3.63, 3.8) is 0 Å². The lowest BCUT2D eigenvalue weighted by atomic mass is 9.94. The van der Waals surface area contributed by atoms with Crippen molar-refractivity contribution in [2.24, 2.45) is 0 Å². The Bertz CT molecular complexity index is 1400. The molecular formula is C23H13BrCl2F7N3O3. The number of nitrogens with one attached hydrogen (secondary N) is 2. The van der Waals surface area contributed by atoms with Crippen LogP contribution in [0.1, 0.15) is 26.3 Å². The van der Waals surface area contributed by atoms with Gasteiger partial charge < -0.3 is 15.4 Å². The second-order valence-electron chi connectivity index (χ2n) is 7.63. The minimum Gasteiger partial charge on any atom is -0.494 e. The first-order valence-corrected chi connectivity index (χ1v) is 11.8. The Morgan fingerprint density at radius 2 is 1.56 bits per heavy atom. The summed E-state index contributed by atoms with van der Waals surface area (Å²) in [4.78, 5) is 29.3. The van der Waals surface area contributed by atoms with Crippen molar-refractivity contribution < 1.29 is 45.1 Å². The first-order valence-electron chi connectivity index (χ1n) is 10.2. The van der Waals surface area contributed by atoms with Crippen LogP contribution in [0.5, 0.6) is 5.75 Å². The molecule has 1 heterocycles. The Morgan fingerprint density at radius 1 is 0.923 bits per heavy atom. The number of pyridine rings is 1. The van der Waals surface area contributed by atoms with E-state index in [-0.39, 0.29) is 39.8 Å². The van der Waals surface area contributed by atoms with Gasteiger partial charge in [-0.2, -0.15) is 26.3 Å². The van der Waals surface area contributed by atoms with Gasteiger partial charge in [-0.1, -0.05) is 29.3 Å². The first kappa shape index (κ1) is 30.4. The molecule has 1 aromatic heterocycles. The van der Waals surface area contributed by atoms with Crippen molar-refractivity contribution in [2.75, 3.05) is 17.7 Å². The molecule has 0 aliphatic heterocycles. The molecule has 0 atom stereocenters. The summed E-state index contributed by atoms with van der Waals surface area (Å²) in [5.74, 6) is -1.77. The molecule has 0 saturated heterocycles. The van der Waals surface area contributed by atoms with Crippen molar-refractivity contribution in [1.29, 1.82) is 0 Å². The highest BCUT2D eigenvalue weighted by Gasteiger charge is 2.73. The average Bonchev–Trinajstić information content (AvgIpc) is 2.83. The molecule has 2 N–H and O–H groups in total. The fraction of sp³-hybridized carbons (Fsp3) is 0.174. The molecule has 2 aromatic carbocycles. The summed E-state index contributed by atoms with van der Waals surface area (Å²) in [7, 11) is 1.18. The summed E-state index contributed by atoms with van der Waals surface area (Å²) in [5.41, 5.74) is -8.09. The molecule has 16 heteroatoms. The molecule has 208 valence electrons. The van der Waals surface area contributed by atoms with E-state index < -0.39 is 50.6 Å². The van der Waals surface area contributed by atoms with E-state index in [4.69, 9.17) is 27.9 Å². The monoisotopic (exact) mass is 661 g/mol. The Kier molecular flexibility index (Phi) is 8.73. The van der Waals surface area contributed by atoms with Gasteiger partial charge in [-0.15, -0.1) is 0 Å². The van der Waals surface area contributed by atoms with Crippen LogP contribution in [-0.2, 0) is 5.67 Å². The fourth-order valence-corrected chi connectivity index (χ4v) is 4.45. The van der Waals surface area contributed by atoms with E-state index in [0.29, 0.717) is 0 Å². The highest BCUT2D eigenvalue weighted by molar-refractivity contribution is 9.10. The number of amides is 2. The minimum atomic E-state index is -6.36. The topological polar surface area (TPSA) is 80.3 Å². The van der Waals surface area contributed by atoms with Crippen LogP contribution in [0.2, 0.25) is 10.2 Å². The highest BCUT2D eigenvalue weighted by Crippen LogP contribution is 2.54. The maximum absolute atomic E-state index is 14.5. The molecule has 0 saturated carbocycles. The second kappa shape index (κ2) is 11.2.